The van der Waals surface area contributed by atoms with Crippen molar-refractivity contribution in [3.8, 4) is 0 Å². The summed E-state index contributed by atoms with van der Waals surface area (Å²) < 4.78 is 2.06. The molecule has 0 atom stereocenters. The van der Waals surface area contributed by atoms with Crippen LogP contribution >= 0.6 is 11.6 Å². The van der Waals surface area contributed by atoms with Gasteiger partial charge in [-0.05, 0) is 49.9 Å². The van der Waals surface area contributed by atoms with Crippen LogP contribution in [0, 0.1) is 13.8 Å². The van der Waals surface area contributed by atoms with Gasteiger partial charge in [0.1, 0.15) is 0 Å². The van der Waals surface area contributed by atoms with E-state index in [1.54, 1.807) is 0 Å². The van der Waals surface area contributed by atoms with Gasteiger partial charge in [0.2, 0.25) is 0 Å². The third-order valence-electron chi connectivity index (χ3n) is 5.54. The summed E-state index contributed by atoms with van der Waals surface area (Å²) in [7, 11) is 0. The largest absolute Gasteiger partial charge is 0.545 e. The Labute approximate surface area is 160 Å². The van der Waals surface area contributed by atoms with Crippen molar-refractivity contribution in [2.45, 2.75) is 65.1 Å². The van der Waals surface area contributed by atoms with Crippen LogP contribution in [0.2, 0.25) is 5.02 Å². The average molecular weight is 374 g/mol. The molecule has 1 saturated carbocycles. The lowest BCUT2D eigenvalue weighted by atomic mass is 9.95. The topological polar surface area (TPSA) is 57.1 Å². The van der Waals surface area contributed by atoms with Gasteiger partial charge < -0.3 is 19.8 Å². The zero-order valence-electron chi connectivity index (χ0n) is 15.5. The highest BCUT2D eigenvalue weighted by Gasteiger charge is 2.20. The number of aromatic nitrogens is 1. The number of benzene rings is 1. The third kappa shape index (κ3) is 4.13. The molecule has 1 aromatic carbocycles. The predicted octanol–water partition coefficient (Wildman–Crippen LogP) is 3.59. The van der Waals surface area contributed by atoms with Gasteiger partial charge in [-0.15, -0.1) is 0 Å². The second-order valence-corrected chi connectivity index (χ2v) is 7.68. The number of aromatic carboxylic acids is 1. The number of rotatable bonds is 6. The molecule has 0 bridgehead atoms. The minimum absolute atomic E-state index is 0.333. The number of carboxylic acids is 1. The van der Waals surface area contributed by atoms with Crippen molar-refractivity contribution in [3.63, 3.8) is 0 Å². The Hall–Kier alpha value is -1.78. The zero-order valence-corrected chi connectivity index (χ0v) is 16.2. The van der Waals surface area contributed by atoms with Gasteiger partial charge in [0.25, 0.3) is 0 Å². The van der Waals surface area contributed by atoms with Crippen molar-refractivity contribution < 1.29 is 9.90 Å². The van der Waals surface area contributed by atoms with Gasteiger partial charge in [0.05, 0.1) is 5.97 Å². The quantitative estimate of drug-likeness (QED) is 0.841. The van der Waals surface area contributed by atoms with Crippen LogP contribution in [0.1, 0.15) is 65.0 Å². The molecule has 26 heavy (non-hydrogen) atoms. The van der Waals surface area contributed by atoms with E-state index in [-0.39, 0.29) is 0 Å². The summed E-state index contributed by atoms with van der Waals surface area (Å²) >= 11 is 5.96. The summed E-state index contributed by atoms with van der Waals surface area (Å²) in [5.41, 5.74) is 4.01. The van der Waals surface area contributed by atoms with Gasteiger partial charge in [0, 0.05) is 41.1 Å². The predicted molar refractivity (Wildman–Crippen MR) is 103 cm³/mol. The highest BCUT2D eigenvalue weighted by Crippen LogP contribution is 2.25. The Morgan fingerprint density at radius 1 is 1.15 bits per heavy atom. The van der Waals surface area contributed by atoms with Gasteiger partial charge in [-0.1, -0.05) is 43.0 Å². The standard InChI is InChI=1S/C21H27ClN2O2/c1-14-19(12-23-18-6-4-3-5-7-18)20(21(25)26)15(2)24(14)13-16-8-10-17(22)11-9-16/h8-11,18,23H,3-7,12-13H2,1-2H3,(H,25,26)/p-1. The third-order valence-corrected chi connectivity index (χ3v) is 5.79. The molecule has 1 aromatic heterocycles. The molecule has 0 unspecified atom stereocenters. The molecule has 1 N–H and O–H groups in total. The van der Waals surface area contributed by atoms with Gasteiger partial charge in [0.15, 0.2) is 0 Å². The zero-order chi connectivity index (χ0) is 18.7. The summed E-state index contributed by atoms with van der Waals surface area (Å²) in [6.07, 6.45) is 6.15. The maximum Gasteiger partial charge on any atom is 0.0736 e. The molecule has 0 amide bonds. The Kier molecular flexibility index (Phi) is 6.05. The van der Waals surface area contributed by atoms with Crippen LogP contribution in [0.4, 0.5) is 0 Å². The van der Waals surface area contributed by atoms with Gasteiger partial charge in [-0.2, -0.15) is 0 Å². The van der Waals surface area contributed by atoms with Crippen molar-refractivity contribution in [1.82, 2.24) is 9.88 Å². The van der Waals surface area contributed by atoms with Crippen LogP contribution in [-0.4, -0.2) is 16.6 Å². The number of carbonyl (C=O) groups is 1. The van der Waals surface area contributed by atoms with Crippen LogP contribution in [-0.2, 0) is 13.1 Å². The molecule has 140 valence electrons. The lowest BCUT2D eigenvalue weighted by molar-refractivity contribution is -0.255. The van der Waals surface area contributed by atoms with E-state index in [0.717, 1.165) is 22.5 Å². The molecule has 1 heterocycles. The van der Waals surface area contributed by atoms with Gasteiger partial charge >= 0.3 is 0 Å². The molecule has 0 aliphatic heterocycles. The van der Waals surface area contributed by atoms with E-state index >= 15 is 0 Å². The van der Waals surface area contributed by atoms with Crippen LogP contribution < -0.4 is 10.4 Å². The van der Waals surface area contributed by atoms with E-state index in [4.69, 9.17) is 11.6 Å². The van der Waals surface area contributed by atoms with E-state index in [1.807, 2.05) is 38.1 Å². The summed E-state index contributed by atoms with van der Waals surface area (Å²) in [4.78, 5) is 11.8. The Bertz CT molecular complexity index is 774. The number of hydrogen-bond donors (Lipinski definition) is 1. The molecular weight excluding hydrogens is 348 g/mol. The lowest BCUT2D eigenvalue weighted by Crippen LogP contribution is -2.32. The van der Waals surface area contributed by atoms with Crippen LogP contribution in [0.5, 0.6) is 0 Å². The molecule has 1 aliphatic carbocycles. The minimum atomic E-state index is -1.10. The SMILES string of the molecule is Cc1c(CNC2CCCCC2)c(C(=O)[O-])c(C)n1Cc1ccc(Cl)cc1. The van der Waals surface area contributed by atoms with Gasteiger partial charge in [-0.25, -0.2) is 0 Å². The number of hydrogen-bond acceptors (Lipinski definition) is 3. The molecule has 1 aliphatic rings. The summed E-state index contributed by atoms with van der Waals surface area (Å²) in [5.74, 6) is -1.10. The van der Waals surface area contributed by atoms with E-state index < -0.39 is 5.97 Å². The first-order valence-electron chi connectivity index (χ1n) is 9.35. The Balaban J connectivity index is 1.85. The molecular formula is C21H26ClN2O2-. The molecule has 2 aromatic rings. The van der Waals surface area contributed by atoms with E-state index in [1.165, 1.54) is 32.1 Å². The monoisotopic (exact) mass is 373 g/mol. The van der Waals surface area contributed by atoms with E-state index in [9.17, 15) is 9.90 Å². The maximum atomic E-state index is 11.8. The number of halogens is 1. The van der Waals surface area contributed by atoms with Crippen LogP contribution in [0.15, 0.2) is 24.3 Å². The fraction of sp³-hybridized carbons (Fsp3) is 0.476. The first-order chi connectivity index (χ1) is 12.5. The normalized spacial score (nSPS) is 15.3. The number of carbonyl (C=O) groups excluding carboxylic acids is 1. The number of nitrogens with one attached hydrogen (secondary N) is 1. The first kappa shape index (κ1) is 19.0. The molecule has 0 radical (unpaired) electrons. The maximum absolute atomic E-state index is 11.8. The average Bonchev–Trinajstić information content (AvgIpc) is 2.87. The van der Waals surface area contributed by atoms with E-state index in [2.05, 4.69) is 9.88 Å². The van der Waals surface area contributed by atoms with Crippen molar-refractivity contribution in [2.75, 3.05) is 0 Å². The number of carboxylic acid groups (broad SMARTS) is 1. The van der Waals surface area contributed by atoms with Crippen molar-refractivity contribution in [1.29, 1.82) is 0 Å². The van der Waals surface area contributed by atoms with Crippen molar-refractivity contribution in [2.24, 2.45) is 0 Å². The first-order valence-corrected chi connectivity index (χ1v) is 9.73. The lowest BCUT2D eigenvalue weighted by Gasteiger charge is -2.23. The summed E-state index contributed by atoms with van der Waals surface area (Å²) in [5, 5.41) is 16.0. The molecule has 4 nitrogen and oxygen atoms in total. The number of nitrogens with zero attached hydrogens (tertiary/aromatic N) is 1. The fourth-order valence-electron chi connectivity index (χ4n) is 4.00. The minimum Gasteiger partial charge on any atom is -0.545 e. The van der Waals surface area contributed by atoms with E-state index in [0.29, 0.717) is 29.7 Å². The van der Waals surface area contributed by atoms with Gasteiger partial charge in [-0.3, -0.25) is 0 Å². The molecule has 5 heteroatoms. The molecule has 0 spiro atoms. The van der Waals surface area contributed by atoms with Crippen molar-refractivity contribution >= 4 is 17.6 Å². The fourth-order valence-corrected chi connectivity index (χ4v) is 4.12. The second kappa shape index (κ2) is 8.28. The van der Waals surface area contributed by atoms with Crippen molar-refractivity contribution in [3.05, 3.63) is 57.4 Å². The highest BCUT2D eigenvalue weighted by atomic mass is 35.5. The molecule has 3 rings (SSSR count). The van der Waals surface area contributed by atoms with Crippen LogP contribution in [0.25, 0.3) is 0 Å². The highest BCUT2D eigenvalue weighted by molar-refractivity contribution is 6.30. The molecule has 1 fully saturated rings. The summed E-state index contributed by atoms with van der Waals surface area (Å²) in [6.45, 7) is 5.05. The smallest absolute Gasteiger partial charge is 0.0736 e. The Morgan fingerprint density at radius 3 is 2.42 bits per heavy atom. The second-order valence-electron chi connectivity index (χ2n) is 7.24. The van der Waals surface area contributed by atoms with Crippen LogP contribution in [0.3, 0.4) is 0 Å². The Morgan fingerprint density at radius 2 is 1.81 bits per heavy atom. The summed E-state index contributed by atoms with van der Waals surface area (Å²) in [6, 6.07) is 8.14. The molecule has 0 saturated heterocycles.